The predicted molar refractivity (Wildman–Crippen MR) is 111 cm³/mol. The van der Waals surface area contributed by atoms with Gasteiger partial charge in [0.25, 0.3) is 5.91 Å². The first-order valence-corrected chi connectivity index (χ1v) is 10.4. The monoisotopic (exact) mass is 392 g/mol. The average molecular weight is 393 g/mol. The topological polar surface area (TPSA) is 74.3 Å². The van der Waals surface area contributed by atoms with Gasteiger partial charge in [0.1, 0.15) is 6.04 Å². The van der Waals surface area contributed by atoms with E-state index in [0.717, 1.165) is 44.6 Å². The minimum absolute atomic E-state index is 0.00639. The number of hydrogen-bond acceptors (Lipinski definition) is 4. The fraction of sp³-hybridized carbons (Fsp3) is 0.435. The summed E-state index contributed by atoms with van der Waals surface area (Å²) in [5.41, 5.74) is 1.85. The van der Waals surface area contributed by atoms with Crippen LogP contribution in [0.15, 0.2) is 54.9 Å². The molecule has 0 radical (unpaired) electrons. The molecule has 2 fully saturated rings. The molecule has 3 heterocycles. The van der Waals surface area contributed by atoms with Crippen molar-refractivity contribution in [1.82, 2.24) is 20.5 Å². The second kappa shape index (κ2) is 8.74. The Bertz CT molecular complexity index is 824. The zero-order valence-corrected chi connectivity index (χ0v) is 16.6. The first kappa shape index (κ1) is 19.6. The summed E-state index contributed by atoms with van der Waals surface area (Å²) in [4.78, 5) is 32.0. The maximum Gasteiger partial charge on any atom is 0.253 e. The molecule has 2 saturated heterocycles. The zero-order valence-electron chi connectivity index (χ0n) is 16.6. The fourth-order valence-electron chi connectivity index (χ4n) is 4.43. The number of benzene rings is 1. The van der Waals surface area contributed by atoms with Crippen LogP contribution in [0.4, 0.5) is 0 Å². The number of amides is 2. The summed E-state index contributed by atoms with van der Waals surface area (Å²) in [7, 11) is 0. The largest absolute Gasteiger partial charge is 0.341 e. The van der Waals surface area contributed by atoms with E-state index in [2.05, 4.69) is 15.6 Å². The number of carbonyl (C=O) groups is 2. The molecule has 2 aromatic rings. The van der Waals surface area contributed by atoms with Crippen LogP contribution < -0.4 is 10.6 Å². The number of nitrogens with zero attached hydrogens (tertiary/aromatic N) is 2. The molecule has 1 spiro atoms. The summed E-state index contributed by atoms with van der Waals surface area (Å²) in [5, 5.41) is 6.42. The van der Waals surface area contributed by atoms with Gasteiger partial charge in [0, 0.05) is 38.4 Å². The highest BCUT2D eigenvalue weighted by atomic mass is 16.2. The number of hydrogen-bond donors (Lipinski definition) is 2. The highest BCUT2D eigenvalue weighted by Crippen LogP contribution is 2.37. The maximum atomic E-state index is 13.4. The molecule has 0 aliphatic carbocycles. The third-order valence-corrected chi connectivity index (χ3v) is 6.28. The van der Waals surface area contributed by atoms with Gasteiger partial charge in [-0.3, -0.25) is 14.6 Å². The lowest BCUT2D eigenvalue weighted by Crippen LogP contribution is -2.53. The molecule has 2 aliphatic heterocycles. The van der Waals surface area contributed by atoms with Gasteiger partial charge in [-0.2, -0.15) is 0 Å². The average Bonchev–Trinajstić information content (AvgIpc) is 3.22. The number of pyridine rings is 1. The van der Waals surface area contributed by atoms with Crippen molar-refractivity contribution < 1.29 is 9.59 Å². The summed E-state index contributed by atoms with van der Waals surface area (Å²) >= 11 is 0. The number of aromatic nitrogens is 1. The minimum atomic E-state index is -0.583. The van der Waals surface area contributed by atoms with E-state index >= 15 is 0 Å². The molecule has 4 rings (SSSR count). The van der Waals surface area contributed by atoms with E-state index in [9.17, 15) is 9.59 Å². The number of rotatable bonds is 5. The molecule has 1 atom stereocenters. The number of piperidine rings is 1. The lowest BCUT2D eigenvalue weighted by atomic mass is 9.77. The van der Waals surface area contributed by atoms with Gasteiger partial charge in [-0.1, -0.05) is 30.3 Å². The van der Waals surface area contributed by atoms with E-state index in [-0.39, 0.29) is 11.8 Å². The summed E-state index contributed by atoms with van der Waals surface area (Å²) < 4.78 is 0. The summed E-state index contributed by atoms with van der Waals surface area (Å²) in [6, 6.07) is 12.7. The SMILES string of the molecule is O=C(NC(Cc1ccccc1)C(=O)N1CCC2(CCNC2)CC1)c1cccnc1. The molecule has 1 aromatic carbocycles. The molecule has 6 nitrogen and oxygen atoms in total. The molecule has 0 saturated carbocycles. The normalized spacial score (nSPS) is 19.1. The van der Waals surface area contributed by atoms with Crippen LogP contribution >= 0.6 is 0 Å². The number of carbonyl (C=O) groups excluding carboxylic acids is 2. The van der Waals surface area contributed by atoms with Gasteiger partial charge in [-0.05, 0) is 48.9 Å². The van der Waals surface area contributed by atoms with Gasteiger partial charge < -0.3 is 15.5 Å². The Kier molecular flexibility index (Phi) is 5.90. The molecule has 2 aliphatic rings. The smallest absolute Gasteiger partial charge is 0.253 e. The van der Waals surface area contributed by atoms with Crippen LogP contribution in [0.5, 0.6) is 0 Å². The summed E-state index contributed by atoms with van der Waals surface area (Å²) in [6.07, 6.45) is 6.89. The van der Waals surface area contributed by atoms with Crippen LogP contribution in [0.3, 0.4) is 0 Å². The second-order valence-corrected chi connectivity index (χ2v) is 8.21. The highest BCUT2D eigenvalue weighted by molar-refractivity contribution is 5.97. The molecule has 152 valence electrons. The standard InChI is InChI=1S/C23H28N4O2/c28-21(19-7-4-11-24-16-19)26-20(15-18-5-2-1-3-6-18)22(29)27-13-9-23(10-14-27)8-12-25-17-23/h1-7,11,16,20,25H,8-10,12-15,17H2,(H,26,28). The molecule has 6 heteroatoms. The van der Waals surface area contributed by atoms with Gasteiger partial charge in [0.2, 0.25) is 5.91 Å². The molecule has 2 N–H and O–H groups in total. The minimum Gasteiger partial charge on any atom is -0.341 e. The van der Waals surface area contributed by atoms with E-state index in [1.165, 1.54) is 12.6 Å². The van der Waals surface area contributed by atoms with Gasteiger partial charge in [0.15, 0.2) is 0 Å². The third-order valence-electron chi connectivity index (χ3n) is 6.28. The summed E-state index contributed by atoms with van der Waals surface area (Å²) in [6.45, 7) is 3.65. The van der Waals surface area contributed by atoms with Crippen LogP contribution in [0.25, 0.3) is 0 Å². The van der Waals surface area contributed by atoms with Crippen LogP contribution in [-0.4, -0.2) is 53.9 Å². The number of likely N-dealkylation sites (tertiary alicyclic amines) is 1. The van der Waals surface area contributed by atoms with Crippen molar-refractivity contribution in [3.8, 4) is 0 Å². The quantitative estimate of drug-likeness (QED) is 0.817. The summed E-state index contributed by atoms with van der Waals surface area (Å²) in [5.74, 6) is -0.257. The van der Waals surface area contributed by atoms with Crippen molar-refractivity contribution in [2.24, 2.45) is 5.41 Å². The lowest BCUT2D eigenvalue weighted by Gasteiger charge is -2.40. The van der Waals surface area contributed by atoms with Crippen molar-refractivity contribution in [3.63, 3.8) is 0 Å². The van der Waals surface area contributed by atoms with Crippen molar-refractivity contribution in [2.75, 3.05) is 26.2 Å². The van der Waals surface area contributed by atoms with Crippen LogP contribution in [0.1, 0.15) is 35.2 Å². The van der Waals surface area contributed by atoms with Gasteiger partial charge in [0.05, 0.1) is 5.56 Å². The Morgan fingerprint density at radius 3 is 2.55 bits per heavy atom. The first-order valence-electron chi connectivity index (χ1n) is 10.4. The van der Waals surface area contributed by atoms with Gasteiger partial charge in [-0.15, -0.1) is 0 Å². The Morgan fingerprint density at radius 1 is 1.10 bits per heavy atom. The Balaban J connectivity index is 1.47. The van der Waals surface area contributed by atoms with E-state index in [4.69, 9.17) is 0 Å². The molecule has 0 bridgehead atoms. The predicted octanol–water partition coefficient (Wildman–Crippen LogP) is 2.02. The molecule has 1 aromatic heterocycles. The van der Waals surface area contributed by atoms with E-state index in [0.29, 0.717) is 17.4 Å². The molecular formula is C23H28N4O2. The van der Waals surface area contributed by atoms with Crippen molar-refractivity contribution in [3.05, 3.63) is 66.0 Å². The maximum absolute atomic E-state index is 13.4. The van der Waals surface area contributed by atoms with E-state index in [1.807, 2.05) is 35.2 Å². The van der Waals surface area contributed by atoms with Crippen molar-refractivity contribution in [1.29, 1.82) is 0 Å². The van der Waals surface area contributed by atoms with Crippen molar-refractivity contribution >= 4 is 11.8 Å². The Morgan fingerprint density at radius 2 is 1.90 bits per heavy atom. The Labute approximate surface area is 171 Å². The van der Waals surface area contributed by atoms with Crippen LogP contribution in [-0.2, 0) is 11.2 Å². The van der Waals surface area contributed by atoms with E-state index < -0.39 is 6.04 Å². The molecule has 2 amide bonds. The van der Waals surface area contributed by atoms with Gasteiger partial charge >= 0.3 is 0 Å². The second-order valence-electron chi connectivity index (χ2n) is 8.21. The van der Waals surface area contributed by atoms with Gasteiger partial charge in [-0.25, -0.2) is 0 Å². The van der Waals surface area contributed by atoms with Crippen LogP contribution in [0, 0.1) is 5.41 Å². The fourth-order valence-corrected chi connectivity index (χ4v) is 4.43. The zero-order chi connectivity index (χ0) is 20.1. The van der Waals surface area contributed by atoms with E-state index in [1.54, 1.807) is 18.3 Å². The number of nitrogens with one attached hydrogen (secondary N) is 2. The van der Waals surface area contributed by atoms with Crippen LogP contribution in [0.2, 0.25) is 0 Å². The Hall–Kier alpha value is -2.73. The molecule has 29 heavy (non-hydrogen) atoms. The van der Waals surface area contributed by atoms with Crippen molar-refractivity contribution in [2.45, 2.75) is 31.7 Å². The lowest BCUT2D eigenvalue weighted by molar-refractivity contribution is -0.135. The first-order chi connectivity index (χ1) is 14.2. The third kappa shape index (κ3) is 4.65. The molecule has 1 unspecified atom stereocenters. The molecular weight excluding hydrogens is 364 g/mol. The highest BCUT2D eigenvalue weighted by Gasteiger charge is 2.39.